The van der Waals surface area contributed by atoms with Crippen molar-refractivity contribution in [3.05, 3.63) is 106 Å². The van der Waals surface area contributed by atoms with Gasteiger partial charge in [-0.1, -0.05) is 60.1 Å². The summed E-state index contributed by atoms with van der Waals surface area (Å²) in [5.41, 5.74) is 7.26. The minimum atomic E-state index is -0.285. The van der Waals surface area contributed by atoms with E-state index in [1.165, 1.54) is 11.6 Å². The molecule has 36 heavy (non-hydrogen) atoms. The van der Waals surface area contributed by atoms with Crippen LogP contribution in [-0.2, 0) is 6.42 Å². The van der Waals surface area contributed by atoms with Gasteiger partial charge in [0.25, 0.3) is 5.89 Å². The molecule has 0 bridgehead atoms. The predicted molar refractivity (Wildman–Crippen MR) is 145 cm³/mol. The smallest absolute Gasteiger partial charge is 0.258 e. The van der Waals surface area contributed by atoms with Crippen LogP contribution < -0.4 is 10.2 Å². The molecule has 0 amide bonds. The molecule has 0 spiro atoms. The van der Waals surface area contributed by atoms with E-state index in [1.807, 2.05) is 43.0 Å². The Kier molecular flexibility index (Phi) is 6.41. The van der Waals surface area contributed by atoms with E-state index in [4.69, 9.17) is 21.7 Å². The van der Waals surface area contributed by atoms with E-state index < -0.39 is 0 Å². The SMILES string of the molecule is CCc1ccc(C2NC(=S)N(c3ccc(F)c(C)c3)C(C)=C2c2nc(-c3cccc(C)c3)no2)cc1. The first-order valence-corrected chi connectivity index (χ1v) is 12.3. The molecule has 1 unspecified atom stereocenters. The highest BCUT2D eigenvalue weighted by atomic mass is 32.1. The Morgan fingerprint density at radius 1 is 1.03 bits per heavy atom. The van der Waals surface area contributed by atoms with Gasteiger partial charge in [0.05, 0.1) is 11.6 Å². The normalized spacial score (nSPS) is 15.9. The van der Waals surface area contributed by atoms with Gasteiger partial charge in [0.15, 0.2) is 5.11 Å². The number of halogens is 1. The van der Waals surface area contributed by atoms with Crippen molar-refractivity contribution in [2.75, 3.05) is 4.90 Å². The van der Waals surface area contributed by atoms with Gasteiger partial charge in [0.1, 0.15) is 5.82 Å². The van der Waals surface area contributed by atoms with Crippen molar-refractivity contribution in [2.45, 2.75) is 40.2 Å². The quantitative estimate of drug-likeness (QED) is 0.301. The van der Waals surface area contributed by atoms with Crippen molar-refractivity contribution in [1.29, 1.82) is 0 Å². The zero-order valence-corrected chi connectivity index (χ0v) is 21.5. The molecule has 1 aliphatic rings. The zero-order valence-electron chi connectivity index (χ0n) is 20.7. The lowest BCUT2D eigenvalue weighted by molar-refractivity contribution is 0.404. The maximum Gasteiger partial charge on any atom is 0.258 e. The second kappa shape index (κ2) is 9.66. The highest BCUT2D eigenvalue weighted by Gasteiger charge is 2.35. The molecule has 0 fully saturated rings. The summed E-state index contributed by atoms with van der Waals surface area (Å²) >= 11 is 5.81. The Morgan fingerprint density at radius 3 is 2.50 bits per heavy atom. The Morgan fingerprint density at radius 2 is 1.81 bits per heavy atom. The number of hydrogen-bond acceptors (Lipinski definition) is 4. The van der Waals surface area contributed by atoms with Crippen LogP contribution in [0.5, 0.6) is 0 Å². The number of aromatic nitrogens is 2. The minimum absolute atomic E-state index is 0.259. The maximum absolute atomic E-state index is 14.0. The number of nitrogens with zero attached hydrogens (tertiary/aromatic N) is 3. The Balaban J connectivity index is 1.65. The molecular weight excluding hydrogens is 471 g/mol. The van der Waals surface area contributed by atoms with Crippen LogP contribution in [0.15, 0.2) is 77.0 Å². The van der Waals surface area contributed by atoms with Crippen molar-refractivity contribution in [3.8, 4) is 11.4 Å². The zero-order chi connectivity index (χ0) is 25.4. The molecule has 5 rings (SSSR count). The molecule has 182 valence electrons. The summed E-state index contributed by atoms with van der Waals surface area (Å²) in [5, 5.41) is 8.27. The largest absolute Gasteiger partial charge is 0.351 e. The molecule has 0 aliphatic carbocycles. The first-order valence-electron chi connectivity index (χ1n) is 11.9. The molecule has 1 aliphatic heterocycles. The average molecular weight is 499 g/mol. The Labute approximate surface area is 215 Å². The van der Waals surface area contributed by atoms with Gasteiger partial charge in [-0.3, -0.25) is 4.90 Å². The van der Waals surface area contributed by atoms with Gasteiger partial charge in [-0.2, -0.15) is 4.98 Å². The van der Waals surface area contributed by atoms with Gasteiger partial charge in [0, 0.05) is 16.9 Å². The number of nitrogens with one attached hydrogen (secondary N) is 1. The number of allylic oxidation sites excluding steroid dienone is 1. The number of benzene rings is 3. The molecule has 7 heteroatoms. The fourth-order valence-electron chi connectivity index (χ4n) is 4.53. The topological polar surface area (TPSA) is 54.2 Å². The van der Waals surface area contributed by atoms with E-state index >= 15 is 0 Å². The molecule has 3 aromatic carbocycles. The predicted octanol–water partition coefficient (Wildman–Crippen LogP) is 6.92. The molecule has 5 nitrogen and oxygen atoms in total. The third kappa shape index (κ3) is 4.42. The van der Waals surface area contributed by atoms with Crippen LogP contribution in [0.1, 0.15) is 48.0 Å². The van der Waals surface area contributed by atoms with E-state index in [0.29, 0.717) is 22.4 Å². The van der Waals surface area contributed by atoms with Gasteiger partial charge < -0.3 is 9.84 Å². The standard InChI is InChI=1S/C29H27FN4OS/c1-5-20-9-11-21(12-10-20)26-25(28-32-27(33-35-28)22-8-6-7-17(2)15-22)19(4)34(29(36)31-26)23-13-14-24(30)18(3)16-23/h6-16,26H,5H2,1-4H3,(H,31,36). The molecule has 0 saturated heterocycles. The van der Waals surface area contributed by atoms with E-state index in [0.717, 1.165) is 40.1 Å². The lowest BCUT2D eigenvalue weighted by Gasteiger charge is -2.37. The van der Waals surface area contributed by atoms with Crippen molar-refractivity contribution >= 4 is 28.6 Å². The lowest BCUT2D eigenvalue weighted by Crippen LogP contribution is -2.46. The summed E-state index contributed by atoms with van der Waals surface area (Å²) in [6.45, 7) is 7.88. The van der Waals surface area contributed by atoms with E-state index in [1.54, 1.807) is 19.1 Å². The Bertz CT molecular complexity index is 1470. The number of rotatable bonds is 5. The highest BCUT2D eigenvalue weighted by Crippen LogP contribution is 2.39. The lowest BCUT2D eigenvalue weighted by atomic mass is 9.93. The molecule has 0 saturated carbocycles. The summed E-state index contributed by atoms with van der Waals surface area (Å²) in [4.78, 5) is 6.68. The van der Waals surface area contributed by atoms with E-state index in [9.17, 15) is 4.39 Å². The first kappa shape index (κ1) is 23.9. The highest BCUT2D eigenvalue weighted by molar-refractivity contribution is 7.80. The van der Waals surface area contributed by atoms with Crippen molar-refractivity contribution in [1.82, 2.24) is 15.5 Å². The van der Waals surface area contributed by atoms with Crippen LogP contribution in [0.2, 0.25) is 0 Å². The monoisotopic (exact) mass is 498 g/mol. The van der Waals surface area contributed by atoms with Gasteiger partial charge >= 0.3 is 0 Å². The minimum Gasteiger partial charge on any atom is -0.351 e. The van der Waals surface area contributed by atoms with E-state index in [2.05, 4.69) is 41.7 Å². The first-order chi connectivity index (χ1) is 17.4. The Hall–Kier alpha value is -3.84. The van der Waals surface area contributed by atoms with Crippen molar-refractivity contribution in [3.63, 3.8) is 0 Å². The summed E-state index contributed by atoms with van der Waals surface area (Å²) in [7, 11) is 0. The molecule has 2 heterocycles. The average Bonchev–Trinajstić information content (AvgIpc) is 3.36. The van der Waals surface area contributed by atoms with E-state index in [-0.39, 0.29) is 11.9 Å². The van der Waals surface area contributed by atoms with Crippen LogP contribution in [0.25, 0.3) is 17.0 Å². The van der Waals surface area contributed by atoms with Crippen LogP contribution in [0.3, 0.4) is 0 Å². The maximum atomic E-state index is 14.0. The van der Waals surface area contributed by atoms with Crippen LogP contribution in [0.4, 0.5) is 10.1 Å². The van der Waals surface area contributed by atoms with Crippen LogP contribution >= 0.6 is 12.2 Å². The van der Waals surface area contributed by atoms with Crippen LogP contribution in [-0.4, -0.2) is 15.3 Å². The molecule has 1 aromatic heterocycles. The fourth-order valence-corrected chi connectivity index (χ4v) is 4.89. The molecular formula is C29H27FN4OS. The molecule has 4 aromatic rings. The van der Waals surface area contributed by atoms with Crippen LogP contribution in [0, 0.1) is 19.7 Å². The number of hydrogen-bond donors (Lipinski definition) is 1. The van der Waals surface area contributed by atoms with Gasteiger partial charge in [-0.25, -0.2) is 4.39 Å². The summed E-state index contributed by atoms with van der Waals surface area (Å²) in [5.74, 6) is 0.670. The number of aryl methyl sites for hydroxylation is 3. The van der Waals surface area contributed by atoms with Gasteiger partial charge in [0.2, 0.25) is 5.82 Å². The van der Waals surface area contributed by atoms with Crippen molar-refractivity contribution in [2.24, 2.45) is 0 Å². The van der Waals surface area contributed by atoms with Gasteiger partial charge in [-0.05, 0) is 80.4 Å². The van der Waals surface area contributed by atoms with Gasteiger partial charge in [-0.15, -0.1) is 0 Å². The molecule has 1 atom stereocenters. The molecule has 0 radical (unpaired) electrons. The van der Waals surface area contributed by atoms with Crippen molar-refractivity contribution < 1.29 is 8.91 Å². The third-order valence-electron chi connectivity index (χ3n) is 6.54. The summed E-state index contributed by atoms with van der Waals surface area (Å²) in [6, 6.07) is 21.1. The third-order valence-corrected chi connectivity index (χ3v) is 6.84. The summed E-state index contributed by atoms with van der Waals surface area (Å²) < 4.78 is 19.9. The summed E-state index contributed by atoms with van der Waals surface area (Å²) in [6.07, 6.45) is 0.958. The second-order valence-corrected chi connectivity index (χ2v) is 9.42. The number of thiocarbonyl (C=S) groups is 1. The number of anilines is 1. The molecule has 1 N–H and O–H groups in total. The second-order valence-electron chi connectivity index (χ2n) is 9.04. The fraction of sp³-hybridized carbons (Fsp3) is 0.207.